The van der Waals surface area contributed by atoms with E-state index < -0.39 is 0 Å². The zero-order chi connectivity index (χ0) is 11.4. The molecule has 0 saturated carbocycles. The Bertz CT molecular complexity index is 348. The minimum absolute atomic E-state index is 0.523. The van der Waals surface area contributed by atoms with Crippen molar-refractivity contribution in [2.75, 3.05) is 23.9 Å². The maximum atomic E-state index is 5.10. The van der Waals surface area contributed by atoms with Crippen LogP contribution in [-0.4, -0.2) is 35.0 Å². The summed E-state index contributed by atoms with van der Waals surface area (Å²) in [5.41, 5.74) is 0. The predicted octanol–water partition coefficient (Wildman–Crippen LogP) is 2.24. The van der Waals surface area contributed by atoms with Crippen LogP contribution in [0.15, 0.2) is 12.4 Å². The van der Waals surface area contributed by atoms with Gasteiger partial charge in [-0.3, -0.25) is 4.98 Å². The molecule has 1 aromatic heterocycles. The SMILES string of the molecule is COc1cncc(N2CCCCC2CBr)n1. The van der Waals surface area contributed by atoms with E-state index in [0.717, 1.165) is 17.7 Å². The van der Waals surface area contributed by atoms with Gasteiger partial charge in [0.2, 0.25) is 5.88 Å². The van der Waals surface area contributed by atoms with Gasteiger partial charge < -0.3 is 9.64 Å². The number of nitrogens with zero attached hydrogens (tertiary/aromatic N) is 3. The quantitative estimate of drug-likeness (QED) is 0.799. The van der Waals surface area contributed by atoms with Crippen molar-refractivity contribution in [1.29, 1.82) is 0 Å². The summed E-state index contributed by atoms with van der Waals surface area (Å²) in [6.07, 6.45) is 7.18. The van der Waals surface area contributed by atoms with Crippen molar-refractivity contribution in [2.24, 2.45) is 0 Å². The third-order valence-corrected chi connectivity index (χ3v) is 3.66. The lowest BCUT2D eigenvalue weighted by atomic mass is 10.0. The topological polar surface area (TPSA) is 38.2 Å². The monoisotopic (exact) mass is 285 g/mol. The summed E-state index contributed by atoms with van der Waals surface area (Å²) < 4.78 is 5.10. The van der Waals surface area contributed by atoms with E-state index in [1.54, 1.807) is 13.3 Å². The van der Waals surface area contributed by atoms with E-state index in [9.17, 15) is 0 Å². The highest BCUT2D eigenvalue weighted by molar-refractivity contribution is 9.09. The number of halogens is 1. The van der Waals surface area contributed by atoms with E-state index in [2.05, 4.69) is 30.8 Å². The van der Waals surface area contributed by atoms with Crippen molar-refractivity contribution in [3.8, 4) is 5.88 Å². The van der Waals surface area contributed by atoms with Gasteiger partial charge in [0.1, 0.15) is 0 Å². The maximum Gasteiger partial charge on any atom is 0.233 e. The molecule has 0 aromatic carbocycles. The second kappa shape index (κ2) is 5.48. The fraction of sp³-hybridized carbons (Fsp3) is 0.636. The van der Waals surface area contributed by atoms with Gasteiger partial charge in [-0.05, 0) is 19.3 Å². The standard InChI is InChI=1S/C11H16BrN3O/c1-16-11-8-13-7-10(14-11)15-5-3-2-4-9(15)6-12/h7-9H,2-6H2,1H3. The van der Waals surface area contributed by atoms with Gasteiger partial charge in [-0.15, -0.1) is 0 Å². The summed E-state index contributed by atoms with van der Waals surface area (Å²) in [6.45, 7) is 1.05. The Kier molecular flexibility index (Phi) is 3.98. The molecule has 0 spiro atoms. The highest BCUT2D eigenvalue weighted by Gasteiger charge is 2.22. The molecule has 1 unspecified atom stereocenters. The number of hydrogen-bond donors (Lipinski definition) is 0. The number of aromatic nitrogens is 2. The number of hydrogen-bond acceptors (Lipinski definition) is 4. The van der Waals surface area contributed by atoms with Crippen LogP contribution in [0.25, 0.3) is 0 Å². The average Bonchev–Trinajstić information content (AvgIpc) is 2.38. The van der Waals surface area contributed by atoms with Crippen LogP contribution < -0.4 is 9.64 Å². The van der Waals surface area contributed by atoms with Crippen LogP contribution in [0, 0.1) is 0 Å². The molecule has 1 fully saturated rings. The summed E-state index contributed by atoms with van der Waals surface area (Å²) >= 11 is 3.56. The first kappa shape index (κ1) is 11.6. The number of ether oxygens (including phenoxy) is 1. The molecule has 88 valence electrons. The van der Waals surface area contributed by atoms with Crippen LogP contribution in [0.3, 0.4) is 0 Å². The molecular weight excluding hydrogens is 270 g/mol. The molecule has 1 aliphatic heterocycles. The van der Waals surface area contributed by atoms with Crippen LogP contribution in [-0.2, 0) is 0 Å². The molecule has 1 saturated heterocycles. The molecule has 0 N–H and O–H groups in total. The van der Waals surface area contributed by atoms with Gasteiger partial charge in [-0.1, -0.05) is 15.9 Å². The minimum atomic E-state index is 0.523. The number of methoxy groups -OCH3 is 1. The first-order chi connectivity index (χ1) is 7.85. The zero-order valence-electron chi connectivity index (χ0n) is 9.40. The Morgan fingerprint density at radius 3 is 3.12 bits per heavy atom. The van der Waals surface area contributed by atoms with E-state index in [4.69, 9.17) is 4.74 Å². The Morgan fingerprint density at radius 1 is 1.50 bits per heavy atom. The van der Waals surface area contributed by atoms with E-state index >= 15 is 0 Å². The molecule has 4 nitrogen and oxygen atoms in total. The number of rotatable bonds is 3. The Labute approximate surface area is 104 Å². The highest BCUT2D eigenvalue weighted by Crippen LogP contribution is 2.24. The fourth-order valence-corrected chi connectivity index (χ4v) is 2.71. The van der Waals surface area contributed by atoms with Gasteiger partial charge in [0.25, 0.3) is 0 Å². The van der Waals surface area contributed by atoms with Gasteiger partial charge >= 0.3 is 0 Å². The normalized spacial score (nSPS) is 20.9. The molecule has 2 rings (SSSR count). The number of piperidine rings is 1. The van der Waals surface area contributed by atoms with E-state index in [1.807, 2.05) is 6.20 Å². The molecule has 2 heterocycles. The lowest BCUT2D eigenvalue weighted by molar-refractivity contribution is 0.393. The minimum Gasteiger partial charge on any atom is -0.480 e. The van der Waals surface area contributed by atoms with Crippen molar-refractivity contribution >= 4 is 21.7 Å². The molecule has 5 heteroatoms. The molecule has 1 aliphatic rings. The van der Waals surface area contributed by atoms with Crippen LogP contribution in [0.1, 0.15) is 19.3 Å². The van der Waals surface area contributed by atoms with Crippen molar-refractivity contribution in [3.63, 3.8) is 0 Å². The first-order valence-corrected chi connectivity index (χ1v) is 6.66. The smallest absolute Gasteiger partial charge is 0.233 e. The molecule has 0 aliphatic carbocycles. The largest absolute Gasteiger partial charge is 0.480 e. The Balaban J connectivity index is 2.20. The fourth-order valence-electron chi connectivity index (χ4n) is 2.04. The van der Waals surface area contributed by atoms with Gasteiger partial charge in [0, 0.05) is 17.9 Å². The number of anilines is 1. The van der Waals surface area contributed by atoms with Crippen LogP contribution in [0.5, 0.6) is 5.88 Å². The molecule has 1 aromatic rings. The van der Waals surface area contributed by atoms with E-state index in [-0.39, 0.29) is 0 Å². The summed E-state index contributed by atoms with van der Waals surface area (Å²) in [6, 6.07) is 0.523. The van der Waals surface area contributed by atoms with Crippen molar-refractivity contribution in [3.05, 3.63) is 12.4 Å². The van der Waals surface area contributed by atoms with Crippen molar-refractivity contribution in [1.82, 2.24) is 9.97 Å². The second-order valence-corrected chi connectivity index (χ2v) is 4.56. The lowest BCUT2D eigenvalue weighted by Gasteiger charge is -2.35. The highest BCUT2D eigenvalue weighted by atomic mass is 79.9. The van der Waals surface area contributed by atoms with E-state index in [1.165, 1.54) is 19.3 Å². The number of alkyl halides is 1. The molecule has 1 atom stereocenters. The summed E-state index contributed by atoms with van der Waals surface area (Å²) in [4.78, 5) is 10.9. The van der Waals surface area contributed by atoms with Crippen LogP contribution in [0.4, 0.5) is 5.82 Å². The van der Waals surface area contributed by atoms with Crippen LogP contribution in [0.2, 0.25) is 0 Å². The predicted molar refractivity (Wildman–Crippen MR) is 67.4 cm³/mol. The van der Waals surface area contributed by atoms with Crippen molar-refractivity contribution in [2.45, 2.75) is 25.3 Å². The second-order valence-electron chi connectivity index (χ2n) is 3.92. The lowest BCUT2D eigenvalue weighted by Crippen LogP contribution is -2.41. The summed E-state index contributed by atoms with van der Waals surface area (Å²) in [5.74, 6) is 1.50. The third kappa shape index (κ3) is 2.45. The van der Waals surface area contributed by atoms with Gasteiger partial charge in [-0.2, -0.15) is 4.98 Å². The van der Waals surface area contributed by atoms with Crippen LogP contribution >= 0.6 is 15.9 Å². The first-order valence-electron chi connectivity index (χ1n) is 5.54. The molecule has 0 radical (unpaired) electrons. The summed E-state index contributed by atoms with van der Waals surface area (Å²) in [7, 11) is 1.62. The Hall–Kier alpha value is -0.840. The van der Waals surface area contributed by atoms with Crippen molar-refractivity contribution < 1.29 is 4.74 Å². The maximum absolute atomic E-state index is 5.10. The zero-order valence-corrected chi connectivity index (χ0v) is 11.0. The van der Waals surface area contributed by atoms with E-state index in [0.29, 0.717) is 11.9 Å². The molecule has 0 amide bonds. The molecule has 16 heavy (non-hydrogen) atoms. The molecule has 0 bridgehead atoms. The average molecular weight is 286 g/mol. The van der Waals surface area contributed by atoms with Gasteiger partial charge in [0.15, 0.2) is 5.82 Å². The molecular formula is C11H16BrN3O. The van der Waals surface area contributed by atoms with Gasteiger partial charge in [0.05, 0.1) is 19.5 Å². The third-order valence-electron chi connectivity index (χ3n) is 2.91. The Morgan fingerprint density at radius 2 is 2.38 bits per heavy atom. The summed E-state index contributed by atoms with van der Waals surface area (Å²) in [5, 5.41) is 0.978. The van der Waals surface area contributed by atoms with Gasteiger partial charge in [-0.25, -0.2) is 0 Å².